The zero-order valence-electron chi connectivity index (χ0n) is 18.1. The van der Waals surface area contributed by atoms with Gasteiger partial charge in [-0.1, -0.05) is 30.0 Å². The van der Waals surface area contributed by atoms with Crippen LogP contribution < -0.4 is 14.8 Å². The van der Waals surface area contributed by atoms with Gasteiger partial charge >= 0.3 is 0 Å². The van der Waals surface area contributed by atoms with Gasteiger partial charge in [-0.2, -0.15) is 0 Å². The molecule has 1 N–H and O–H groups in total. The van der Waals surface area contributed by atoms with Crippen molar-refractivity contribution in [1.29, 1.82) is 0 Å². The molecule has 1 heterocycles. The van der Waals surface area contributed by atoms with E-state index in [1.54, 1.807) is 31.7 Å². The molecule has 0 fully saturated rings. The van der Waals surface area contributed by atoms with Gasteiger partial charge in [-0.25, -0.2) is 0 Å². The summed E-state index contributed by atoms with van der Waals surface area (Å²) in [6.45, 7) is 3.62. The standard InChI is InChI=1S/C21H23N5O5S/c1-13-9-10-15(26(28)29)11-16(13)22-19(27)12-32-21-24-23-20(25(21)3)14(2)31-18-8-6-5-7-17(18)30-4/h5-11,14H,12H2,1-4H3,(H,22,27). The Kier molecular flexibility index (Phi) is 7.31. The van der Waals surface area contributed by atoms with Crippen LogP contribution in [0.4, 0.5) is 11.4 Å². The average Bonchev–Trinajstić information content (AvgIpc) is 3.14. The van der Waals surface area contributed by atoms with Gasteiger partial charge in [0.25, 0.3) is 5.69 Å². The van der Waals surface area contributed by atoms with Gasteiger partial charge < -0.3 is 19.4 Å². The van der Waals surface area contributed by atoms with E-state index in [1.807, 2.05) is 31.2 Å². The van der Waals surface area contributed by atoms with Gasteiger partial charge in [0.2, 0.25) is 5.91 Å². The zero-order valence-corrected chi connectivity index (χ0v) is 18.9. The van der Waals surface area contributed by atoms with Gasteiger partial charge in [0, 0.05) is 19.2 Å². The quantitative estimate of drug-likeness (QED) is 0.292. The number of amides is 1. The van der Waals surface area contributed by atoms with E-state index in [0.717, 1.165) is 5.56 Å². The third-order valence-corrected chi connectivity index (χ3v) is 5.66. The number of para-hydroxylation sites is 2. The number of aryl methyl sites for hydroxylation is 1. The number of hydrogen-bond donors (Lipinski definition) is 1. The summed E-state index contributed by atoms with van der Waals surface area (Å²) >= 11 is 1.21. The second-order valence-corrected chi connectivity index (χ2v) is 7.85. The van der Waals surface area contributed by atoms with Crippen molar-refractivity contribution in [3.63, 3.8) is 0 Å². The molecule has 3 rings (SSSR count). The van der Waals surface area contributed by atoms with Crippen LogP contribution in [0, 0.1) is 17.0 Å². The number of aromatic nitrogens is 3. The molecule has 2 aromatic carbocycles. The third-order valence-electron chi connectivity index (χ3n) is 4.64. The van der Waals surface area contributed by atoms with E-state index < -0.39 is 11.0 Å². The molecule has 1 amide bonds. The molecular weight excluding hydrogens is 434 g/mol. The third kappa shape index (κ3) is 5.35. The van der Waals surface area contributed by atoms with Crippen LogP contribution in [0.2, 0.25) is 0 Å². The molecule has 0 saturated heterocycles. The number of anilines is 1. The first-order chi connectivity index (χ1) is 15.3. The van der Waals surface area contributed by atoms with Gasteiger partial charge in [-0.05, 0) is 31.5 Å². The monoisotopic (exact) mass is 457 g/mol. The second kappa shape index (κ2) is 10.1. The Morgan fingerprint density at radius 3 is 2.66 bits per heavy atom. The highest BCUT2D eigenvalue weighted by Crippen LogP contribution is 2.31. The minimum atomic E-state index is -0.501. The molecule has 3 aromatic rings. The summed E-state index contributed by atoms with van der Waals surface area (Å²) in [5.74, 6) is 1.56. The topological polar surface area (TPSA) is 121 Å². The molecule has 0 aliphatic carbocycles. The maximum atomic E-state index is 12.4. The van der Waals surface area contributed by atoms with Crippen molar-refractivity contribution >= 4 is 29.0 Å². The number of benzene rings is 2. The van der Waals surface area contributed by atoms with Gasteiger partial charge in [-0.3, -0.25) is 14.9 Å². The number of nitrogens with one attached hydrogen (secondary N) is 1. The van der Waals surface area contributed by atoms with Crippen molar-refractivity contribution in [3.8, 4) is 11.5 Å². The number of thioether (sulfide) groups is 1. The van der Waals surface area contributed by atoms with E-state index in [9.17, 15) is 14.9 Å². The first-order valence-corrected chi connectivity index (χ1v) is 10.7. The Labute approximate surface area is 189 Å². The number of ether oxygens (including phenoxy) is 2. The number of non-ortho nitro benzene ring substituents is 1. The van der Waals surface area contributed by atoms with Crippen LogP contribution in [0.1, 0.15) is 24.4 Å². The van der Waals surface area contributed by atoms with Crippen LogP contribution in [0.5, 0.6) is 11.5 Å². The number of nitro benzene ring substituents is 1. The number of nitro groups is 1. The Bertz CT molecular complexity index is 1130. The summed E-state index contributed by atoms with van der Waals surface area (Å²) in [5.41, 5.74) is 1.06. The number of hydrogen-bond acceptors (Lipinski definition) is 8. The van der Waals surface area contributed by atoms with Crippen molar-refractivity contribution < 1.29 is 19.2 Å². The Morgan fingerprint density at radius 1 is 1.25 bits per heavy atom. The minimum Gasteiger partial charge on any atom is -0.493 e. The van der Waals surface area contributed by atoms with Crippen LogP contribution in [-0.4, -0.2) is 38.5 Å². The summed E-state index contributed by atoms with van der Waals surface area (Å²) in [6, 6.07) is 11.7. The number of nitrogens with zero attached hydrogens (tertiary/aromatic N) is 4. The first kappa shape index (κ1) is 23.1. The summed E-state index contributed by atoms with van der Waals surface area (Å²) in [4.78, 5) is 22.8. The maximum absolute atomic E-state index is 12.4. The fraction of sp³-hybridized carbons (Fsp3) is 0.286. The number of rotatable bonds is 9. The smallest absolute Gasteiger partial charge is 0.271 e. The van der Waals surface area contributed by atoms with E-state index >= 15 is 0 Å². The minimum absolute atomic E-state index is 0.0653. The summed E-state index contributed by atoms with van der Waals surface area (Å²) in [5, 5.41) is 22.6. The van der Waals surface area contributed by atoms with Crippen molar-refractivity contribution in [2.75, 3.05) is 18.2 Å². The van der Waals surface area contributed by atoms with E-state index in [0.29, 0.717) is 28.2 Å². The molecule has 0 aliphatic rings. The van der Waals surface area contributed by atoms with Crippen molar-refractivity contribution in [3.05, 3.63) is 64.0 Å². The predicted molar refractivity (Wildman–Crippen MR) is 120 cm³/mol. The highest BCUT2D eigenvalue weighted by molar-refractivity contribution is 7.99. The van der Waals surface area contributed by atoms with Crippen LogP contribution in [0.15, 0.2) is 47.6 Å². The van der Waals surface area contributed by atoms with Crippen LogP contribution in [0.25, 0.3) is 0 Å². The highest BCUT2D eigenvalue weighted by Gasteiger charge is 2.19. The molecule has 32 heavy (non-hydrogen) atoms. The maximum Gasteiger partial charge on any atom is 0.271 e. The van der Waals surface area contributed by atoms with Crippen LogP contribution in [-0.2, 0) is 11.8 Å². The molecule has 0 radical (unpaired) electrons. The molecule has 1 aromatic heterocycles. The largest absolute Gasteiger partial charge is 0.493 e. The Balaban J connectivity index is 1.63. The fourth-order valence-corrected chi connectivity index (χ4v) is 3.66. The van der Waals surface area contributed by atoms with Gasteiger partial charge in [-0.15, -0.1) is 10.2 Å². The Hall–Kier alpha value is -3.60. The average molecular weight is 458 g/mol. The Morgan fingerprint density at radius 2 is 1.97 bits per heavy atom. The molecular formula is C21H23N5O5S. The zero-order chi connectivity index (χ0) is 23.3. The summed E-state index contributed by atoms with van der Waals surface area (Å²) in [7, 11) is 3.37. The lowest BCUT2D eigenvalue weighted by molar-refractivity contribution is -0.384. The molecule has 0 spiro atoms. The van der Waals surface area contributed by atoms with Crippen LogP contribution >= 0.6 is 11.8 Å². The fourth-order valence-electron chi connectivity index (χ4n) is 2.94. The summed E-state index contributed by atoms with van der Waals surface area (Å²) < 4.78 is 13.0. The molecule has 1 unspecified atom stereocenters. The second-order valence-electron chi connectivity index (χ2n) is 6.90. The SMILES string of the molecule is COc1ccccc1OC(C)c1nnc(SCC(=O)Nc2cc([N+](=O)[O-])ccc2C)n1C. The lowest BCUT2D eigenvalue weighted by Gasteiger charge is -2.16. The first-order valence-electron chi connectivity index (χ1n) is 9.66. The van der Waals surface area contributed by atoms with Gasteiger partial charge in [0.05, 0.1) is 23.5 Å². The van der Waals surface area contributed by atoms with E-state index in [2.05, 4.69) is 15.5 Å². The molecule has 10 nitrogen and oxygen atoms in total. The van der Waals surface area contributed by atoms with Crippen molar-refractivity contribution in [2.24, 2.45) is 7.05 Å². The van der Waals surface area contributed by atoms with Crippen molar-refractivity contribution in [2.45, 2.75) is 25.1 Å². The highest BCUT2D eigenvalue weighted by atomic mass is 32.2. The summed E-state index contributed by atoms with van der Waals surface area (Å²) in [6.07, 6.45) is -0.403. The number of carbonyl (C=O) groups is 1. The predicted octanol–water partition coefficient (Wildman–Crippen LogP) is 3.91. The molecule has 168 valence electrons. The molecule has 0 aliphatic heterocycles. The molecule has 1 atom stereocenters. The van der Waals surface area contributed by atoms with E-state index in [1.165, 1.54) is 23.9 Å². The molecule has 11 heteroatoms. The number of carbonyl (C=O) groups excluding carboxylic acids is 1. The van der Waals surface area contributed by atoms with Crippen molar-refractivity contribution in [1.82, 2.24) is 14.8 Å². The van der Waals surface area contributed by atoms with Gasteiger partial charge in [0.15, 0.2) is 28.6 Å². The number of methoxy groups -OCH3 is 1. The van der Waals surface area contributed by atoms with E-state index in [4.69, 9.17) is 9.47 Å². The lowest BCUT2D eigenvalue weighted by Crippen LogP contribution is -2.15. The molecule has 0 saturated carbocycles. The van der Waals surface area contributed by atoms with E-state index in [-0.39, 0.29) is 17.3 Å². The normalized spacial score (nSPS) is 11.6. The van der Waals surface area contributed by atoms with Crippen LogP contribution in [0.3, 0.4) is 0 Å². The lowest BCUT2D eigenvalue weighted by atomic mass is 10.2. The molecule has 0 bridgehead atoms. The van der Waals surface area contributed by atoms with Gasteiger partial charge in [0.1, 0.15) is 0 Å².